The summed E-state index contributed by atoms with van der Waals surface area (Å²) < 4.78 is 15.3. The van der Waals surface area contributed by atoms with Gasteiger partial charge in [-0.25, -0.2) is 9.07 Å². The normalized spacial score (nSPS) is 11.2. The number of benzene rings is 1. The van der Waals surface area contributed by atoms with Crippen molar-refractivity contribution in [1.29, 1.82) is 0 Å². The van der Waals surface area contributed by atoms with Crippen molar-refractivity contribution in [1.82, 2.24) is 20.3 Å². The molecule has 19 heavy (non-hydrogen) atoms. The Morgan fingerprint density at radius 1 is 1.42 bits per heavy atom. The zero-order valence-corrected chi connectivity index (χ0v) is 11.7. The number of halogens is 2. The minimum absolute atomic E-state index is 0.329. The van der Waals surface area contributed by atoms with Crippen LogP contribution in [0.15, 0.2) is 24.4 Å². The molecule has 1 aromatic heterocycles. The van der Waals surface area contributed by atoms with Gasteiger partial charge < -0.3 is 5.32 Å². The lowest BCUT2D eigenvalue weighted by molar-refractivity contribution is 0.575. The summed E-state index contributed by atoms with van der Waals surface area (Å²) in [6.45, 7) is 5.12. The molecule has 1 N–H and O–H groups in total. The molecule has 0 unspecified atom stereocenters. The SMILES string of the molecule is CC(C)NCc1cn(Cc2ccc(Cl)cc2F)nn1. The van der Waals surface area contributed by atoms with Crippen LogP contribution in [0.2, 0.25) is 5.02 Å². The zero-order chi connectivity index (χ0) is 13.8. The van der Waals surface area contributed by atoms with Crippen LogP contribution in [0.3, 0.4) is 0 Å². The molecule has 0 bridgehead atoms. The fraction of sp³-hybridized carbons (Fsp3) is 0.385. The summed E-state index contributed by atoms with van der Waals surface area (Å²) in [6, 6.07) is 5.01. The van der Waals surface area contributed by atoms with E-state index in [4.69, 9.17) is 11.6 Å². The highest BCUT2D eigenvalue weighted by molar-refractivity contribution is 6.30. The van der Waals surface area contributed by atoms with E-state index < -0.39 is 0 Å². The van der Waals surface area contributed by atoms with Gasteiger partial charge in [0.1, 0.15) is 5.82 Å². The number of hydrogen-bond donors (Lipinski definition) is 1. The molecule has 0 fully saturated rings. The fourth-order valence-electron chi connectivity index (χ4n) is 1.63. The predicted octanol–water partition coefficient (Wildman–Crippen LogP) is 2.62. The number of rotatable bonds is 5. The summed E-state index contributed by atoms with van der Waals surface area (Å²) in [6.07, 6.45) is 1.81. The molecule has 0 aliphatic heterocycles. The van der Waals surface area contributed by atoms with E-state index in [-0.39, 0.29) is 5.82 Å². The van der Waals surface area contributed by atoms with E-state index in [9.17, 15) is 4.39 Å². The summed E-state index contributed by atoms with van der Waals surface area (Å²) in [4.78, 5) is 0. The largest absolute Gasteiger partial charge is 0.309 e. The van der Waals surface area contributed by atoms with Crippen LogP contribution in [0, 0.1) is 5.82 Å². The second-order valence-corrected chi connectivity index (χ2v) is 5.12. The third-order valence-electron chi connectivity index (χ3n) is 2.62. The molecule has 1 aromatic carbocycles. The number of nitrogens with zero attached hydrogens (tertiary/aromatic N) is 3. The third-order valence-corrected chi connectivity index (χ3v) is 2.86. The van der Waals surface area contributed by atoms with Gasteiger partial charge in [-0.1, -0.05) is 36.7 Å². The predicted molar refractivity (Wildman–Crippen MR) is 72.5 cm³/mol. The first-order valence-electron chi connectivity index (χ1n) is 6.11. The van der Waals surface area contributed by atoms with Gasteiger partial charge in [0, 0.05) is 23.2 Å². The fourth-order valence-corrected chi connectivity index (χ4v) is 1.79. The molecule has 1 heterocycles. The van der Waals surface area contributed by atoms with Crippen LogP contribution in [0.1, 0.15) is 25.1 Å². The maximum atomic E-state index is 13.6. The quantitative estimate of drug-likeness (QED) is 0.917. The second kappa shape index (κ2) is 6.12. The summed E-state index contributed by atoms with van der Waals surface area (Å²) in [5.41, 5.74) is 1.38. The first kappa shape index (κ1) is 14.0. The summed E-state index contributed by atoms with van der Waals surface area (Å²) in [7, 11) is 0. The Hall–Kier alpha value is -1.46. The molecule has 0 atom stereocenters. The van der Waals surface area contributed by atoms with Gasteiger partial charge in [0.15, 0.2) is 0 Å². The topological polar surface area (TPSA) is 42.7 Å². The van der Waals surface area contributed by atoms with Crippen molar-refractivity contribution < 1.29 is 4.39 Å². The van der Waals surface area contributed by atoms with E-state index in [0.717, 1.165) is 5.69 Å². The van der Waals surface area contributed by atoms with Crippen molar-refractivity contribution in [3.63, 3.8) is 0 Å². The number of aromatic nitrogens is 3. The minimum atomic E-state index is -0.329. The van der Waals surface area contributed by atoms with Gasteiger partial charge >= 0.3 is 0 Å². The van der Waals surface area contributed by atoms with E-state index >= 15 is 0 Å². The molecular weight excluding hydrogens is 267 g/mol. The molecule has 6 heteroatoms. The van der Waals surface area contributed by atoms with E-state index in [1.807, 2.05) is 6.20 Å². The highest BCUT2D eigenvalue weighted by Crippen LogP contribution is 2.15. The van der Waals surface area contributed by atoms with E-state index in [1.165, 1.54) is 6.07 Å². The van der Waals surface area contributed by atoms with Gasteiger partial charge in [-0.3, -0.25) is 0 Å². The summed E-state index contributed by atoms with van der Waals surface area (Å²) in [5.74, 6) is -0.329. The lowest BCUT2D eigenvalue weighted by Gasteiger charge is -2.04. The van der Waals surface area contributed by atoms with Crippen molar-refractivity contribution in [3.8, 4) is 0 Å². The first-order valence-corrected chi connectivity index (χ1v) is 6.48. The van der Waals surface area contributed by atoms with E-state index in [0.29, 0.717) is 29.7 Å². The Morgan fingerprint density at radius 2 is 2.21 bits per heavy atom. The molecule has 0 amide bonds. The molecule has 2 aromatic rings. The maximum absolute atomic E-state index is 13.6. The van der Waals surface area contributed by atoms with Crippen LogP contribution in [0.25, 0.3) is 0 Å². The van der Waals surface area contributed by atoms with Crippen molar-refractivity contribution in [2.24, 2.45) is 0 Å². The van der Waals surface area contributed by atoms with Crippen molar-refractivity contribution in [3.05, 3.63) is 46.5 Å². The second-order valence-electron chi connectivity index (χ2n) is 4.68. The Kier molecular flexibility index (Phi) is 4.50. The van der Waals surface area contributed by atoms with Crippen molar-refractivity contribution in [2.45, 2.75) is 33.0 Å². The Balaban J connectivity index is 2.03. The van der Waals surface area contributed by atoms with Crippen LogP contribution in [-0.4, -0.2) is 21.0 Å². The zero-order valence-electron chi connectivity index (χ0n) is 10.9. The molecule has 2 rings (SSSR count). The molecule has 4 nitrogen and oxygen atoms in total. The van der Waals surface area contributed by atoms with Crippen LogP contribution in [0.5, 0.6) is 0 Å². The van der Waals surface area contributed by atoms with Crippen LogP contribution in [-0.2, 0) is 13.1 Å². The van der Waals surface area contributed by atoms with Gasteiger partial charge in [-0.05, 0) is 12.1 Å². The average molecular weight is 283 g/mol. The molecule has 0 saturated heterocycles. The molecule has 102 valence electrons. The standard InChI is InChI=1S/C13H16ClFN4/c1-9(2)16-6-12-8-19(18-17-12)7-10-3-4-11(14)5-13(10)15/h3-5,8-9,16H,6-7H2,1-2H3. The highest BCUT2D eigenvalue weighted by Gasteiger charge is 2.06. The summed E-state index contributed by atoms with van der Waals surface area (Å²) in [5, 5.41) is 11.7. The Morgan fingerprint density at radius 3 is 2.89 bits per heavy atom. The third kappa shape index (κ3) is 4.01. The Labute approximate surface area is 116 Å². The maximum Gasteiger partial charge on any atom is 0.129 e. The number of hydrogen-bond acceptors (Lipinski definition) is 3. The van der Waals surface area contributed by atoms with Gasteiger partial charge in [-0.2, -0.15) is 0 Å². The van der Waals surface area contributed by atoms with Crippen LogP contribution >= 0.6 is 11.6 Å². The van der Waals surface area contributed by atoms with E-state index in [2.05, 4.69) is 29.5 Å². The molecule has 0 spiro atoms. The average Bonchev–Trinajstić information content (AvgIpc) is 2.78. The van der Waals surface area contributed by atoms with E-state index in [1.54, 1.807) is 16.8 Å². The monoisotopic (exact) mass is 282 g/mol. The molecular formula is C13H16ClFN4. The van der Waals surface area contributed by atoms with Crippen LogP contribution < -0.4 is 5.32 Å². The number of nitrogens with one attached hydrogen (secondary N) is 1. The van der Waals surface area contributed by atoms with Gasteiger partial charge in [0.05, 0.1) is 18.4 Å². The lowest BCUT2D eigenvalue weighted by Crippen LogP contribution is -2.21. The molecule has 0 saturated carbocycles. The van der Waals surface area contributed by atoms with Gasteiger partial charge in [-0.15, -0.1) is 5.10 Å². The lowest BCUT2D eigenvalue weighted by atomic mass is 10.2. The van der Waals surface area contributed by atoms with Crippen molar-refractivity contribution >= 4 is 11.6 Å². The highest BCUT2D eigenvalue weighted by atomic mass is 35.5. The molecule has 0 radical (unpaired) electrons. The smallest absolute Gasteiger partial charge is 0.129 e. The van der Waals surface area contributed by atoms with Gasteiger partial charge in [0.2, 0.25) is 0 Å². The van der Waals surface area contributed by atoms with Gasteiger partial charge in [0.25, 0.3) is 0 Å². The summed E-state index contributed by atoms with van der Waals surface area (Å²) >= 11 is 5.71. The molecule has 0 aliphatic rings. The molecule has 0 aliphatic carbocycles. The first-order chi connectivity index (χ1) is 9.04. The van der Waals surface area contributed by atoms with Crippen LogP contribution in [0.4, 0.5) is 4.39 Å². The van der Waals surface area contributed by atoms with Crippen molar-refractivity contribution in [2.75, 3.05) is 0 Å². The minimum Gasteiger partial charge on any atom is -0.309 e. The Bertz CT molecular complexity index is 553.